The lowest BCUT2D eigenvalue weighted by Crippen LogP contribution is -2.36. The molecule has 0 aliphatic heterocycles. The van der Waals surface area contributed by atoms with E-state index in [1.165, 1.54) is 38.5 Å². The van der Waals surface area contributed by atoms with Crippen molar-refractivity contribution in [3.8, 4) is 0 Å². The SMILES string of the molecule is CCCn1c(CC23CCC(CC2)CC3)c(C(N)=O)c2c(Cl)cccc21. The lowest BCUT2D eigenvalue weighted by molar-refractivity contribution is 0.0633. The Balaban J connectivity index is 1.89. The smallest absolute Gasteiger partial charge is 0.251 e. The third-order valence-corrected chi connectivity index (χ3v) is 6.95. The molecule has 4 heteroatoms. The van der Waals surface area contributed by atoms with E-state index >= 15 is 0 Å². The molecule has 3 saturated carbocycles. The first kappa shape index (κ1) is 17.0. The average molecular weight is 359 g/mol. The normalized spacial score (nSPS) is 25.6. The molecule has 3 nitrogen and oxygen atoms in total. The number of nitrogens with zero attached hydrogens (tertiary/aromatic N) is 1. The minimum Gasteiger partial charge on any atom is -0.366 e. The number of primary amides is 1. The van der Waals surface area contributed by atoms with Gasteiger partial charge in [0.05, 0.1) is 16.1 Å². The van der Waals surface area contributed by atoms with Crippen molar-refractivity contribution < 1.29 is 4.79 Å². The van der Waals surface area contributed by atoms with E-state index in [-0.39, 0.29) is 5.91 Å². The van der Waals surface area contributed by atoms with Gasteiger partial charge in [0.1, 0.15) is 0 Å². The molecule has 0 saturated heterocycles. The average Bonchev–Trinajstić information content (AvgIpc) is 2.92. The summed E-state index contributed by atoms with van der Waals surface area (Å²) in [6, 6.07) is 5.90. The lowest BCUT2D eigenvalue weighted by Gasteiger charge is -2.47. The zero-order valence-electron chi connectivity index (χ0n) is 15.0. The second-order valence-electron chi connectivity index (χ2n) is 8.13. The molecule has 1 aromatic carbocycles. The standard InChI is InChI=1S/C21H27ClN2O/c1-2-12-24-16-5-3-4-15(22)18(16)19(20(23)25)17(24)13-21-9-6-14(7-10-21)8-11-21/h3-5,14H,2,6-13H2,1H3,(H2,23,25). The van der Waals surface area contributed by atoms with Crippen LogP contribution in [0.5, 0.6) is 0 Å². The van der Waals surface area contributed by atoms with E-state index < -0.39 is 0 Å². The minimum atomic E-state index is -0.344. The molecule has 1 heterocycles. The molecule has 0 atom stereocenters. The number of carbonyl (C=O) groups is 1. The van der Waals surface area contributed by atoms with Gasteiger partial charge in [0.2, 0.25) is 0 Å². The second-order valence-corrected chi connectivity index (χ2v) is 8.54. The fraction of sp³-hybridized carbons (Fsp3) is 0.571. The fourth-order valence-electron chi connectivity index (χ4n) is 5.30. The number of carbonyl (C=O) groups excluding carboxylic acids is 1. The van der Waals surface area contributed by atoms with Crippen LogP contribution in [0.15, 0.2) is 18.2 Å². The van der Waals surface area contributed by atoms with Gasteiger partial charge < -0.3 is 10.3 Å². The zero-order valence-corrected chi connectivity index (χ0v) is 15.7. The Hall–Kier alpha value is -1.48. The summed E-state index contributed by atoms with van der Waals surface area (Å²) >= 11 is 6.49. The van der Waals surface area contributed by atoms with E-state index in [0.717, 1.165) is 41.9 Å². The molecule has 1 amide bonds. The maximum absolute atomic E-state index is 12.4. The van der Waals surface area contributed by atoms with Gasteiger partial charge in [-0.05, 0) is 74.8 Å². The summed E-state index contributed by atoms with van der Waals surface area (Å²) in [5, 5.41) is 1.48. The number of halogens is 1. The topological polar surface area (TPSA) is 48.0 Å². The van der Waals surface area contributed by atoms with Crippen molar-refractivity contribution in [3.63, 3.8) is 0 Å². The first-order valence-corrected chi connectivity index (χ1v) is 10.0. The molecule has 25 heavy (non-hydrogen) atoms. The highest BCUT2D eigenvalue weighted by Crippen LogP contribution is 2.52. The van der Waals surface area contributed by atoms with Crippen molar-refractivity contribution >= 4 is 28.4 Å². The molecule has 2 N–H and O–H groups in total. The molecule has 2 aromatic rings. The van der Waals surface area contributed by atoms with E-state index in [0.29, 0.717) is 16.0 Å². The Kier molecular flexibility index (Phi) is 4.31. The number of amides is 1. The number of benzene rings is 1. The number of aromatic nitrogens is 1. The largest absolute Gasteiger partial charge is 0.366 e. The highest BCUT2D eigenvalue weighted by Gasteiger charge is 2.41. The molecule has 3 fully saturated rings. The third-order valence-electron chi connectivity index (χ3n) is 6.63. The number of fused-ring (bicyclic) bond motifs is 4. The van der Waals surface area contributed by atoms with Gasteiger partial charge in [-0.2, -0.15) is 0 Å². The lowest BCUT2D eigenvalue weighted by atomic mass is 9.59. The number of hydrogen-bond donors (Lipinski definition) is 1. The van der Waals surface area contributed by atoms with E-state index in [4.69, 9.17) is 17.3 Å². The molecule has 0 radical (unpaired) electrons. The van der Waals surface area contributed by atoms with Crippen molar-refractivity contribution in [2.45, 2.75) is 64.8 Å². The van der Waals surface area contributed by atoms with Crippen LogP contribution in [-0.4, -0.2) is 10.5 Å². The minimum absolute atomic E-state index is 0.344. The molecule has 0 spiro atoms. The number of rotatable bonds is 5. The quantitative estimate of drug-likeness (QED) is 0.772. The first-order valence-electron chi connectivity index (χ1n) is 9.64. The predicted molar refractivity (Wildman–Crippen MR) is 103 cm³/mol. The van der Waals surface area contributed by atoms with Gasteiger partial charge in [-0.15, -0.1) is 0 Å². The summed E-state index contributed by atoms with van der Waals surface area (Å²) in [6.07, 6.45) is 9.90. The molecule has 134 valence electrons. The first-order chi connectivity index (χ1) is 12.0. The molecular formula is C21H27ClN2O. The van der Waals surface area contributed by atoms with Crippen molar-refractivity contribution in [2.75, 3.05) is 0 Å². The summed E-state index contributed by atoms with van der Waals surface area (Å²) in [4.78, 5) is 12.4. The molecule has 0 unspecified atom stereocenters. The Morgan fingerprint density at radius 1 is 1.28 bits per heavy atom. The zero-order chi connectivity index (χ0) is 17.6. The summed E-state index contributed by atoms with van der Waals surface area (Å²) in [5.41, 5.74) is 9.04. The fourth-order valence-corrected chi connectivity index (χ4v) is 5.56. The van der Waals surface area contributed by atoms with Crippen LogP contribution >= 0.6 is 11.6 Å². The van der Waals surface area contributed by atoms with Crippen molar-refractivity contribution in [2.24, 2.45) is 17.1 Å². The van der Waals surface area contributed by atoms with Crippen molar-refractivity contribution in [1.82, 2.24) is 4.57 Å². The maximum atomic E-state index is 12.4. The van der Waals surface area contributed by atoms with E-state index in [1.807, 2.05) is 12.1 Å². The molecule has 3 aliphatic carbocycles. The predicted octanol–water partition coefficient (Wildman–Crippen LogP) is 5.32. The highest BCUT2D eigenvalue weighted by atomic mass is 35.5. The van der Waals surface area contributed by atoms with E-state index in [9.17, 15) is 4.79 Å². The van der Waals surface area contributed by atoms with Crippen LogP contribution in [0.1, 0.15) is 67.9 Å². The van der Waals surface area contributed by atoms with Crippen LogP contribution < -0.4 is 5.73 Å². The van der Waals surface area contributed by atoms with E-state index in [2.05, 4.69) is 17.6 Å². The summed E-state index contributed by atoms with van der Waals surface area (Å²) in [5.74, 6) is 0.595. The summed E-state index contributed by atoms with van der Waals surface area (Å²) < 4.78 is 2.32. The van der Waals surface area contributed by atoms with Crippen LogP contribution in [0, 0.1) is 11.3 Å². The van der Waals surface area contributed by atoms with E-state index in [1.54, 1.807) is 0 Å². The Bertz CT molecular complexity index is 801. The third kappa shape index (κ3) is 2.77. The van der Waals surface area contributed by atoms with Gasteiger partial charge in [-0.3, -0.25) is 4.79 Å². The highest BCUT2D eigenvalue weighted by molar-refractivity contribution is 6.37. The molecule has 5 rings (SSSR count). The number of nitrogens with two attached hydrogens (primary N) is 1. The van der Waals surface area contributed by atoms with Gasteiger partial charge in [-0.1, -0.05) is 24.6 Å². The van der Waals surface area contributed by atoms with Gasteiger partial charge in [0.15, 0.2) is 0 Å². The molecule has 1 aromatic heterocycles. The number of aryl methyl sites for hydroxylation is 1. The molecule has 2 bridgehead atoms. The summed E-state index contributed by atoms with van der Waals surface area (Å²) in [6.45, 7) is 3.08. The second kappa shape index (κ2) is 6.35. The van der Waals surface area contributed by atoms with Crippen LogP contribution in [0.25, 0.3) is 10.9 Å². The van der Waals surface area contributed by atoms with Crippen molar-refractivity contribution in [3.05, 3.63) is 34.5 Å². The van der Waals surface area contributed by atoms with Crippen LogP contribution in [0.3, 0.4) is 0 Å². The van der Waals surface area contributed by atoms with Crippen LogP contribution in [0.2, 0.25) is 5.02 Å². The Labute approximate surface area is 154 Å². The Morgan fingerprint density at radius 2 is 1.96 bits per heavy atom. The van der Waals surface area contributed by atoms with Crippen LogP contribution in [0.4, 0.5) is 0 Å². The number of hydrogen-bond acceptors (Lipinski definition) is 1. The van der Waals surface area contributed by atoms with Gasteiger partial charge >= 0.3 is 0 Å². The van der Waals surface area contributed by atoms with Gasteiger partial charge in [0, 0.05) is 17.6 Å². The Morgan fingerprint density at radius 3 is 2.56 bits per heavy atom. The summed E-state index contributed by atoms with van der Waals surface area (Å²) in [7, 11) is 0. The van der Waals surface area contributed by atoms with Crippen LogP contribution in [-0.2, 0) is 13.0 Å². The van der Waals surface area contributed by atoms with Gasteiger partial charge in [0.25, 0.3) is 5.91 Å². The maximum Gasteiger partial charge on any atom is 0.251 e. The molecule has 3 aliphatic rings. The van der Waals surface area contributed by atoms with Gasteiger partial charge in [-0.25, -0.2) is 0 Å². The van der Waals surface area contributed by atoms with Crippen molar-refractivity contribution in [1.29, 1.82) is 0 Å². The monoisotopic (exact) mass is 358 g/mol. The molecular weight excluding hydrogens is 332 g/mol.